The number of carbonyl (C=O) groups is 3. The number of rotatable bonds is 8. The zero-order valence-electron chi connectivity index (χ0n) is 18.5. The Morgan fingerprint density at radius 3 is 2.75 bits per heavy atom. The maximum absolute atomic E-state index is 13.5. The van der Waals surface area contributed by atoms with Crippen LogP contribution in [0.5, 0.6) is 0 Å². The first kappa shape index (κ1) is 23.9. The van der Waals surface area contributed by atoms with E-state index in [1.807, 2.05) is 0 Å². The molecule has 2 bridgehead atoms. The molecule has 4 rings (SSSR count). The van der Waals surface area contributed by atoms with E-state index in [4.69, 9.17) is 14.2 Å². The monoisotopic (exact) mass is 517 g/mol. The molecule has 0 aliphatic carbocycles. The molecule has 0 aromatic heterocycles. The second-order valence-corrected chi connectivity index (χ2v) is 10.1. The third-order valence-electron chi connectivity index (χ3n) is 7.10. The smallest absolute Gasteiger partial charge is 0.312 e. The minimum Gasteiger partial charge on any atom is -0.466 e. The Balaban J connectivity index is 1.57. The number of nitrogens with zero attached hydrogens (tertiary/aromatic N) is 2. The fourth-order valence-corrected chi connectivity index (χ4v) is 6.64. The number of alkyl halides is 1. The fraction of sp³-hybridized carbons (Fsp3) is 0.857. The molecule has 4 heterocycles. The fourth-order valence-electron chi connectivity index (χ4n) is 5.70. The number of carbonyl (C=O) groups excluding carboxylic acids is 3. The summed E-state index contributed by atoms with van der Waals surface area (Å²) in [5.41, 5.74) is -1.13. The largest absolute Gasteiger partial charge is 0.466 e. The van der Waals surface area contributed by atoms with Crippen LogP contribution in [0.4, 0.5) is 0 Å². The number of ether oxygens (including phenoxy) is 3. The van der Waals surface area contributed by atoms with Crippen LogP contribution in [0.2, 0.25) is 0 Å². The average Bonchev–Trinajstić information content (AvgIpc) is 3.37. The highest BCUT2D eigenvalue weighted by Crippen LogP contribution is 2.60. The van der Waals surface area contributed by atoms with Crippen LogP contribution in [0.1, 0.15) is 20.3 Å². The average molecular weight is 518 g/mol. The first-order valence-electron chi connectivity index (χ1n) is 11.3. The van der Waals surface area contributed by atoms with Crippen molar-refractivity contribution in [1.29, 1.82) is 0 Å². The van der Waals surface area contributed by atoms with E-state index in [2.05, 4.69) is 26.1 Å². The van der Waals surface area contributed by atoms with Crippen molar-refractivity contribution in [2.75, 3.05) is 52.6 Å². The summed E-state index contributed by atoms with van der Waals surface area (Å²) in [6.45, 7) is 7.40. The molecule has 180 valence electrons. The van der Waals surface area contributed by atoms with E-state index >= 15 is 0 Å². The second-order valence-electron chi connectivity index (χ2n) is 8.94. The number of hydrogen-bond donors (Lipinski definition) is 2. The third kappa shape index (κ3) is 3.85. The van der Waals surface area contributed by atoms with Gasteiger partial charge >= 0.3 is 5.97 Å². The summed E-state index contributed by atoms with van der Waals surface area (Å²) >= 11 is 3.60. The van der Waals surface area contributed by atoms with Gasteiger partial charge in [-0.2, -0.15) is 0 Å². The molecule has 7 atom stereocenters. The second kappa shape index (κ2) is 9.54. The van der Waals surface area contributed by atoms with Crippen molar-refractivity contribution in [3.8, 4) is 0 Å². The standard InChI is InChI=1S/C21H32BrN3O7/c1-3-31-20(29)14-15-19(28)25(12(2)11-26)17(21(15)10-13(22)16(14)32-21)18(27)23-4-5-24-6-8-30-9-7-24/h12-17,26H,3-11H2,1-2H3,(H,23,27)/t12-,13?,14-,15+,16-,17?,21?/m1/s1. The van der Waals surface area contributed by atoms with Crippen LogP contribution in [0, 0.1) is 11.8 Å². The molecule has 10 nitrogen and oxygen atoms in total. The van der Waals surface area contributed by atoms with Gasteiger partial charge in [0, 0.05) is 31.0 Å². The van der Waals surface area contributed by atoms with Crippen LogP contribution >= 0.6 is 15.9 Å². The molecule has 4 saturated heterocycles. The number of morpholine rings is 1. The van der Waals surface area contributed by atoms with Crippen LogP contribution in [0.25, 0.3) is 0 Å². The number of likely N-dealkylation sites (tertiary alicyclic amines) is 1. The summed E-state index contributed by atoms with van der Waals surface area (Å²) in [4.78, 5) is 43.2. The zero-order valence-corrected chi connectivity index (χ0v) is 20.1. The molecule has 4 aliphatic heterocycles. The minimum absolute atomic E-state index is 0.172. The van der Waals surface area contributed by atoms with Gasteiger partial charge in [0.2, 0.25) is 11.8 Å². The minimum atomic E-state index is -1.13. The van der Waals surface area contributed by atoms with E-state index in [0.717, 1.165) is 13.1 Å². The summed E-state index contributed by atoms with van der Waals surface area (Å²) < 4.78 is 16.9. The molecule has 0 aromatic rings. The van der Waals surface area contributed by atoms with Gasteiger partial charge in [-0.3, -0.25) is 19.3 Å². The van der Waals surface area contributed by atoms with Crippen molar-refractivity contribution in [1.82, 2.24) is 15.1 Å². The summed E-state index contributed by atoms with van der Waals surface area (Å²) in [6.07, 6.45) is -0.0987. The highest BCUT2D eigenvalue weighted by Gasteiger charge is 2.77. The highest BCUT2D eigenvalue weighted by atomic mass is 79.9. The van der Waals surface area contributed by atoms with Gasteiger partial charge in [-0.25, -0.2) is 0 Å². The van der Waals surface area contributed by atoms with Crippen LogP contribution in [-0.2, 0) is 28.6 Å². The summed E-state index contributed by atoms with van der Waals surface area (Å²) in [5, 5.41) is 12.8. The Morgan fingerprint density at radius 2 is 2.09 bits per heavy atom. The number of aliphatic hydroxyl groups is 1. The zero-order chi connectivity index (χ0) is 23.0. The predicted octanol–water partition coefficient (Wildman–Crippen LogP) is -0.873. The van der Waals surface area contributed by atoms with Crippen LogP contribution in [0.15, 0.2) is 0 Å². The Hall–Kier alpha value is -1.27. The SMILES string of the molecule is CCOC(=O)[C@H]1[C@@H]2OC3(CC2Br)C(C(=O)NCCN2CCOCC2)N([C@H](C)CO)C(=O)[C@H]13. The van der Waals surface area contributed by atoms with Gasteiger partial charge in [0.05, 0.1) is 50.4 Å². The molecule has 4 aliphatic rings. The summed E-state index contributed by atoms with van der Waals surface area (Å²) in [5.74, 6) is -2.71. The Morgan fingerprint density at radius 1 is 1.38 bits per heavy atom. The number of amides is 2. The van der Waals surface area contributed by atoms with Crippen molar-refractivity contribution in [3.05, 3.63) is 0 Å². The first-order valence-corrected chi connectivity index (χ1v) is 12.3. The molecule has 2 amide bonds. The van der Waals surface area contributed by atoms with Crippen molar-refractivity contribution < 1.29 is 33.7 Å². The Bertz CT molecular complexity index is 749. The van der Waals surface area contributed by atoms with E-state index < -0.39 is 41.6 Å². The van der Waals surface area contributed by atoms with Crippen molar-refractivity contribution in [3.63, 3.8) is 0 Å². The van der Waals surface area contributed by atoms with Crippen molar-refractivity contribution in [2.24, 2.45) is 11.8 Å². The molecule has 2 N–H and O–H groups in total. The van der Waals surface area contributed by atoms with E-state index in [0.29, 0.717) is 32.7 Å². The van der Waals surface area contributed by atoms with E-state index in [9.17, 15) is 19.5 Å². The third-order valence-corrected chi connectivity index (χ3v) is 7.95. The number of halogens is 1. The van der Waals surface area contributed by atoms with Gasteiger partial charge in [-0.15, -0.1) is 0 Å². The maximum atomic E-state index is 13.5. The topological polar surface area (TPSA) is 118 Å². The molecule has 0 radical (unpaired) electrons. The lowest BCUT2D eigenvalue weighted by Gasteiger charge is -2.36. The van der Waals surface area contributed by atoms with E-state index in [-0.39, 0.29) is 29.9 Å². The summed E-state index contributed by atoms with van der Waals surface area (Å²) in [7, 11) is 0. The Kier molecular flexibility index (Phi) is 7.11. The number of aliphatic hydroxyl groups excluding tert-OH is 1. The lowest BCUT2D eigenvalue weighted by atomic mass is 9.70. The lowest BCUT2D eigenvalue weighted by molar-refractivity contribution is -0.155. The number of hydrogen-bond acceptors (Lipinski definition) is 8. The van der Waals surface area contributed by atoms with Gasteiger partial charge in [-0.05, 0) is 20.3 Å². The Labute approximate surface area is 196 Å². The van der Waals surface area contributed by atoms with Gasteiger partial charge in [0.1, 0.15) is 11.6 Å². The molecule has 1 spiro atoms. The molecule has 3 unspecified atom stereocenters. The van der Waals surface area contributed by atoms with Gasteiger partial charge in [0.25, 0.3) is 0 Å². The van der Waals surface area contributed by atoms with Crippen molar-refractivity contribution in [2.45, 2.75) is 48.9 Å². The maximum Gasteiger partial charge on any atom is 0.312 e. The number of fused-ring (bicyclic) bond motifs is 1. The number of nitrogens with one attached hydrogen (secondary N) is 1. The van der Waals surface area contributed by atoms with Gasteiger partial charge in [-0.1, -0.05) is 15.9 Å². The molecule has 4 fully saturated rings. The van der Waals surface area contributed by atoms with Gasteiger partial charge in [0.15, 0.2) is 0 Å². The van der Waals surface area contributed by atoms with Crippen LogP contribution in [0.3, 0.4) is 0 Å². The quantitative estimate of drug-likeness (QED) is 0.315. The van der Waals surface area contributed by atoms with Gasteiger partial charge < -0.3 is 29.5 Å². The molecule has 32 heavy (non-hydrogen) atoms. The van der Waals surface area contributed by atoms with Crippen molar-refractivity contribution >= 4 is 33.7 Å². The van der Waals surface area contributed by atoms with E-state index in [1.54, 1.807) is 13.8 Å². The summed E-state index contributed by atoms with van der Waals surface area (Å²) in [6, 6.07) is -1.51. The van der Waals surface area contributed by atoms with Crippen LogP contribution in [-0.4, -0.2) is 114 Å². The first-order chi connectivity index (χ1) is 15.4. The molecular weight excluding hydrogens is 486 g/mol. The predicted molar refractivity (Wildman–Crippen MR) is 116 cm³/mol. The molecular formula is C21H32BrN3O7. The van der Waals surface area contributed by atoms with Crippen LogP contribution < -0.4 is 5.32 Å². The normalized spacial score (nSPS) is 37.4. The van der Waals surface area contributed by atoms with E-state index in [1.165, 1.54) is 4.90 Å². The molecule has 0 aromatic carbocycles. The highest BCUT2D eigenvalue weighted by molar-refractivity contribution is 9.09. The molecule has 11 heteroatoms. The molecule has 0 saturated carbocycles. The lowest BCUT2D eigenvalue weighted by Crippen LogP contribution is -2.58. The number of esters is 1.